The second kappa shape index (κ2) is 7.38. The first-order chi connectivity index (χ1) is 11.0. The predicted molar refractivity (Wildman–Crippen MR) is 87.0 cm³/mol. The van der Waals surface area contributed by atoms with Gasteiger partial charge in [0.1, 0.15) is 5.82 Å². The van der Waals surface area contributed by atoms with Crippen LogP contribution >= 0.6 is 0 Å². The maximum Gasteiger partial charge on any atom is 0.180 e. The Hall–Kier alpha value is -2.91. The van der Waals surface area contributed by atoms with Crippen LogP contribution in [0.2, 0.25) is 0 Å². The summed E-state index contributed by atoms with van der Waals surface area (Å²) in [5.74, 6) is 5.43. The largest absolute Gasteiger partial charge is 0.292 e. The van der Waals surface area contributed by atoms with E-state index in [1.54, 1.807) is 6.92 Å². The number of carbonyl (C=O) groups excluding carboxylic acids is 1. The van der Waals surface area contributed by atoms with Crippen molar-refractivity contribution in [2.75, 3.05) is 0 Å². The first kappa shape index (κ1) is 16.5. The van der Waals surface area contributed by atoms with Gasteiger partial charge in [-0.05, 0) is 49.7 Å². The van der Waals surface area contributed by atoms with Gasteiger partial charge in [-0.25, -0.2) is 4.39 Å². The molecule has 2 aromatic carbocycles. The number of hydrogen-bond acceptors (Lipinski definition) is 2. The molecule has 0 aliphatic heterocycles. The fourth-order valence-corrected chi connectivity index (χ4v) is 2.19. The van der Waals surface area contributed by atoms with E-state index >= 15 is 0 Å². The molecule has 0 heterocycles. The first-order valence-electron chi connectivity index (χ1n) is 7.31. The van der Waals surface area contributed by atoms with Crippen molar-refractivity contribution in [2.24, 2.45) is 5.41 Å². The van der Waals surface area contributed by atoms with Gasteiger partial charge in [0.05, 0.1) is 11.5 Å². The van der Waals surface area contributed by atoms with Crippen molar-refractivity contribution in [1.29, 1.82) is 5.26 Å². The van der Waals surface area contributed by atoms with Gasteiger partial charge in [-0.3, -0.25) is 4.79 Å². The molecule has 0 saturated heterocycles. The Morgan fingerprint density at radius 2 is 1.78 bits per heavy atom. The topological polar surface area (TPSA) is 40.9 Å². The number of hydrogen-bond donors (Lipinski definition) is 0. The Morgan fingerprint density at radius 1 is 1.13 bits per heavy atom. The van der Waals surface area contributed by atoms with Gasteiger partial charge in [0.25, 0.3) is 0 Å². The van der Waals surface area contributed by atoms with E-state index in [2.05, 4.69) is 17.9 Å². The van der Waals surface area contributed by atoms with Crippen LogP contribution in [0.3, 0.4) is 0 Å². The van der Waals surface area contributed by atoms with Gasteiger partial charge in [0.15, 0.2) is 5.78 Å². The summed E-state index contributed by atoms with van der Waals surface area (Å²) in [5, 5.41) is 8.84. The zero-order chi connectivity index (χ0) is 16.7. The molecule has 0 aliphatic carbocycles. The summed E-state index contributed by atoms with van der Waals surface area (Å²) in [6, 6.07) is 16.8. The average molecular weight is 305 g/mol. The highest BCUT2D eigenvalue weighted by molar-refractivity contribution is 6.02. The summed E-state index contributed by atoms with van der Waals surface area (Å²) in [6.45, 7) is 1.73. The average Bonchev–Trinajstić information content (AvgIpc) is 2.59. The number of rotatable bonds is 4. The van der Waals surface area contributed by atoms with E-state index in [0.29, 0.717) is 12.0 Å². The Labute approximate surface area is 135 Å². The second-order valence-corrected chi connectivity index (χ2v) is 5.44. The van der Waals surface area contributed by atoms with Gasteiger partial charge in [-0.1, -0.05) is 30.0 Å². The number of benzene rings is 2. The van der Waals surface area contributed by atoms with Crippen molar-refractivity contribution in [3.8, 4) is 17.9 Å². The normalized spacial score (nSPS) is 12.4. The number of nitriles is 1. The zero-order valence-electron chi connectivity index (χ0n) is 12.8. The lowest BCUT2D eigenvalue weighted by Gasteiger charge is -2.21. The number of ketones is 1. The Bertz CT molecular complexity index is 778. The standard InChI is InChI=1S/C20H16FNO/c1-20(13-5-15-22,14-12-16-6-3-2-4-7-16)19(23)17-8-10-18(21)11-9-17/h2-4,6-11H,5,13H2,1H3. The Kier molecular flexibility index (Phi) is 5.28. The molecule has 0 amide bonds. The molecule has 114 valence electrons. The third-order valence-corrected chi connectivity index (χ3v) is 3.60. The van der Waals surface area contributed by atoms with E-state index in [9.17, 15) is 9.18 Å². The summed E-state index contributed by atoms with van der Waals surface area (Å²) in [6.07, 6.45) is 0.562. The number of nitrogens with zero attached hydrogens (tertiary/aromatic N) is 1. The van der Waals surface area contributed by atoms with Crippen LogP contribution in [-0.4, -0.2) is 5.78 Å². The Morgan fingerprint density at radius 3 is 2.39 bits per heavy atom. The van der Waals surface area contributed by atoms with Gasteiger partial charge in [-0.2, -0.15) is 5.26 Å². The van der Waals surface area contributed by atoms with Gasteiger partial charge in [0.2, 0.25) is 0 Å². The highest BCUT2D eigenvalue weighted by atomic mass is 19.1. The van der Waals surface area contributed by atoms with E-state index in [-0.39, 0.29) is 12.2 Å². The van der Waals surface area contributed by atoms with Crippen molar-refractivity contribution in [1.82, 2.24) is 0 Å². The molecule has 0 fully saturated rings. The molecule has 0 saturated carbocycles. The van der Waals surface area contributed by atoms with Crippen LogP contribution < -0.4 is 0 Å². The summed E-state index contributed by atoms with van der Waals surface area (Å²) >= 11 is 0. The van der Waals surface area contributed by atoms with E-state index in [1.165, 1.54) is 24.3 Å². The van der Waals surface area contributed by atoms with Gasteiger partial charge < -0.3 is 0 Å². The fourth-order valence-electron chi connectivity index (χ4n) is 2.19. The van der Waals surface area contributed by atoms with Crippen molar-refractivity contribution < 1.29 is 9.18 Å². The van der Waals surface area contributed by atoms with Gasteiger partial charge in [0, 0.05) is 17.5 Å². The van der Waals surface area contributed by atoms with Gasteiger partial charge in [-0.15, -0.1) is 0 Å². The molecule has 0 bridgehead atoms. The number of Topliss-reactive ketones (excluding diaryl/α,β-unsaturated/α-hetero) is 1. The lowest BCUT2D eigenvalue weighted by Crippen LogP contribution is -2.26. The molecule has 0 aliphatic rings. The van der Waals surface area contributed by atoms with E-state index in [4.69, 9.17) is 5.26 Å². The summed E-state index contributed by atoms with van der Waals surface area (Å²) in [4.78, 5) is 12.8. The highest BCUT2D eigenvalue weighted by Gasteiger charge is 2.31. The quantitative estimate of drug-likeness (QED) is 0.621. The van der Waals surface area contributed by atoms with Gasteiger partial charge >= 0.3 is 0 Å². The Balaban J connectivity index is 2.35. The number of halogens is 1. The number of carbonyl (C=O) groups is 1. The molecule has 23 heavy (non-hydrogen) atoms. The highest BCUT2D eigenvalue weighted by Crippen LogP contribution is 2.28. The smallest absolute Gasteiger partial charge is 0.180 e. The molecule has 3 heteroatoms. The third-order valence-electron chi connectivity index (χ3n) is 3.60. The monoisotopic (exact) mass is 305 g/mol. The van der Waals surface area contributed by atoms with Crippen LogP contribution in [0.5, 0.6) is 0 Å². The molecular weight excluding hydrogens is 289 g/mol. The minimum absolute atomic E-state index is 0.198. The minimum Gasteiger partial charge on any atom is -0.292 e. The van der Waals surface area contributed by atoms with E-state index < -0.39 is 11.2 Å². The van der Waals surface area contributed by atoms with E-state index in [1.807, 2.05) is 30.3 Å². The molecule has 2 rings (SSSR count). The maximum atomic E-state index is 13.0. The van der Waals surface area contributed by atoms with Crippen molar-refractivity contribution in [3.05, 3.63) is 71.5 Å². The second-order valence-electron chi connectivity index (χ2n) is 5.44. The molecule has 0 spiro atoms. The van der Waals surface area contributed by atoms with E-state index in [0.717, 1.165) is 5.56 Å². The van der Waals surface area contributed by atoms with Crippen LogP contribution in [0.1, 0.15) is 35.7 Å². The van der Waals surface area contributed by atoms with Crippen LogP contribution in [0.4, 0.5) is 4.39 Å². The molecule has 2 nitrogen and oxygen atoms in total. The molecule has 2 aromatic rings. The molecule has 0 aromatic heterocycles. The maximum absolute atomic E-state index is 13.0. The molecule has 0 N–H and O–H groups in total. The first-order valence-corrected chi connectivity index (χ1v) is 7.31. The summed E-state index contributed by atoms with van der Waals surface area (Å²) < 4.78 is 13.0. The third kappa shape index (κ3) is 4.28. The van der Waals surface area contributed by atoms with Crippen molar-refractivity contribution >= 4 is 5.78 Å². The lowest BCUT2D eigenvalue weighted by molar-refractivity contribution is 0.0871. The molecule has 1 unspecified atom stereocenters. The zero-order valence-corrected chi connectivity index (χ0v) is 12.8. The fraction of sp³-hybridized carbons (Fsp3) is 0.200. The van der Waals surface area contributed by atoms with Crippen molar-refractivity contribution in [3.63, 3.8) is 0 Å². The van der Waals surface area contributed by atoms with Crippen LogP contribution in [0.25, 0.3) is 0 Å². The van der Waals surface area contributed by atoms with Crippen LogP contribution in [-0.2, 0) is 0 Å². The summed E-state index contributed by atoms with van der Waals surface area (Å²) in [7, 11) is 0. The SMILES string of the molecule is CC(C#Cc1ccccc1)(CCC#N)C(=O)c1ccc(F)cc1. The van der Waals surface area contributed by atoms with Crippen LogP contribution in [0, 0.1) is 34.4 Å². The van der Waals surface area contributed by atoms with Crippen LogP contribution in [0.15, 0.2) is 54.6 Å². The predicted octanol–water partition coefficient (Wildman–Crippen LogP) is 4.37. The molecular formula is C20H16FNO. The molecule has 0 radical (unpaired) electrons. The summed E-state index contributed by atoms with van der Waals surface area (Å²) in [5.41, 5.74) is 0.223. The lowest BCUT2D eigenvalue weighted by atomic mass is 9.79. The molecule has 1 atom stereocenters. The van der Waals surface area contributed by atoms with Crippen molar-refractivity contribution in [2.45, 2.75) is 19.8 Å². The minimum atomic E-state index is -0.983.